The minimum absolute atomic E-state index is 0.0365. The van der Waals surface area contributed by atoms with Crippen LogP contribution in [0, 0.1) is 0 Å². The first-order valence-corrected chi connectivity index (χ1v) is 11.4. The van der Waals surface area contributed by atoms with Crippen LogP contribution < -0.4 is 10.6 Å². The molecule has 1 amide bonds. The Hall–Kier alpha value is -2.87. The van der Waals surface area contributed by atoms with Crippen LogP contribution in [0.5, 0.6) is 0 Å². The van der Waals surface area contributed by atoms with Crippen molar-refractivity contribution in [1.29, 1.82) is 0 Å². The van der Waals surface area contributed by atoms with Gasteiger partial charge in [0.25, 0.3) is 0 Å². The lowest BCUT2D eigenvalue weighted by Gasteiger charge is -2.33. The molecule has 1 aromatic carbocycles. The van der Waals surface area contributed by atoms with Gasteiger partial charge in [0, 0.05) is 45.8 Å². The Labute approximate surface area is 191 Å². The summed E-state index contributed by atoms with van der Waals surface area (Å²) in [5, 5.41) is 10.9. The number of hydrogen-bond acceptors (Lipinski definition) is 5. The van der Waals surface area contributed by atoms with Crippen LogP contribution in [-0.4, -0.2) is 66.6 Å². The number of aromatic nitrogens is 1. The third-order valence-corrected chi connectivity index (χ3v) is 5.65. The third-order valence-electron chi connectivity index (χ3n) is 5.65. The number of amides is 1. The summed E-state index contributed by atoms with van der Waals surface area (Å²) in [7, 11) is 3.48. The number of hydrogen-bond donors (Lipinski definition) is 2. The average molecular weight is 441 g/mol. The number of carbonyl (C=O) groups is 1. The quantitative estimate of drug-likeness (QED) is 0.485. The maximum atomic E-state index is 12.0. The number of guanidine groups is 1. The van der Waals surface area contributed by atoms with E-state index >= 15 is 0 Å². The van der Waals surface area contributed by atoms with E-state index in [1.165, 1.54) is 5.56 Å². The summed E-state index contributed by atoms with van der Waals surface area (Å²) >= 11 is 0. The van der Waals surface area contributed by atoms with Gasteiger partial charge in [-0.25, -0.2) is 4.99 Å². The Balaban J connectivity index is 1.54. The van der Waals surface area contributed by atoms with Crippen LogP contribution in [0.2, 0.25) is 0 Å². The Kier molecular flexibility index (Phi) is 8.67. The van der Waals surface area contributed by atoms with Crippen LogP contribution in [0.4, 0.5) is 0 Å². The minimum Gasteiger partial charge on any atom is -0.359 e. The van der Waals surface area contributed by atoms with E-state index in [-0.39, 0.29) is 12.5 Å². The van der Waals surface area contributed by atoms with E-state index < -0.39 is 0 Å². The van der Waals surface area contributed by atoms with Gasteiger partial charge in [0.2, 0.25) is 5.91 Å². The number of piperidine rings is 1. The number of likely N-dealkylation sites (tertiary alicyclic amines) is 1. The predicted molar refractivity (Wildman–Crippen MR) is 126 cm³/mol. The third kappa shape index (κ3) is 7.37. The van der Waals surface area contributed by atoms with Crippen molar-refractivity contribution in [2.24, 2.45) is 4.99 Å². The van der Waals surface area contributed by atoms with Crippen molar-refractivity contribution in [1.82, 2.24) is 25.6 Å². The van der Waals surface area contributed by atoms with Gasteiger partial charge in [-0.05, 0) is 24.3 Å². The molecule has 0 saturated carbocycles. The Morgan fingerprint density at radius 1 is 1.25 bits per heavy atom. The first kappa shape index (κ1) is 23.8. The highest BCUT2D eigenvalue weighted by Gasteiger charge is 2.20. The van der Waals surface area contributed by atoms with Gasteiger partial charge < -0.3 is 20.1 Å². The fraction of sp³-hybridized carbons (Fsp3) is 0.542. The highest BCUT2D eigenvalue weighted by atomic mass is 16.5. The van der Waals surface area contributed by atoms with E-state index in [4.69, 9.17) is 4.52 Å². The molecule has 0 radical (unpaired) electrons. The average Bonchev–Trinajstić information content (AvgIpc) is 3.27. The summed E-state index contributed by atoms with van der Waals surface area (Å²) in [6.07, 6.45) is 2.05. The van der Waals surface area contributed by atoms with Crippen molar-refractivity contribution < 1.29 is 9.32 Å². The normalized spacial score (nSPS) is 15.7. The Morgan fingerprint density at radius 2 is 1.97 bits per heavy atom. The molecular weight excluding hydrogens is 404 g/mol. The molecule has 174 valence electrons. The minimum atomic E-state index is -0.0365. The second-order valence-corrected chi connectivity index (χ2v) is 8.86. The van der Waals surface area contributed by atoms with Crippen LogP contribution in [0.1, 0.15) is 49.6 Å². The summed E-state index contributed by atoms with van der Waals surface area (Å²) in [5.41, 5.74) is 2.28. The number of benzene rings is 1. The van der Waals surface area contributed by atoms with Gasteiger partial charge in [-0.15, -0.1) is 0 Å². The first-order valence-electron chi connectivity index (χ1n) is 11.4. The molecule has 32 heavy (non-hydrogen) atoms. The number of aliphatic imine (C=N–C) groups is 1. The summed E-state index contributed by atoms with van der Waals surface area (Å²) in [4.78, 5) is 20.6. The predicted octanol–water partition coefficient (Wildman–Crippen LogP) is 2.59. The van der Waals surface area contributed by atoms with E-state index in [0.29, 0.717) is 24.5 Å². The van der Waals surface area contributed by atoms with E-state index in [9.17, 15) is 4.79 Å². The lowest BCUT2D eigenvalue weighted by atomic mass is 10.0. The van der Waals surface area contributed by atoms with Crippen LogP contribution in [0.15, 0.2) is 45.9 Å². The van der Waals surface area contributed by atoms with E-state index in [2.05, 4.69) is 69.9 Å². The molecule has 8 heteroatoms. The highest BCUT2D eigenvalue weighted by Crippen LogP contribution is 2.15. The molecule has 8 nitrogen and oxygen atoms in total. The molecule has 2 N–H and O–H groups in total. The van der Waals surface area contributed by atoms with E-state index in [0.717, 1.165) is 43.9 Å². The van der Waals surface area contributed by atoms with Crippen molar-refractivity contribution >= 4 is 11.9 Å². The zero-order valence-electron chi connectivity index (χ0n) is 19.7. The molecule has 0 atom stereocenters. The van der Waals surface area contributed by atoms with Gasteiger partial charge in [-0.3, -0.25) is 9.69 Å². The molecule has 0 bridgehead atoms. The largest absolute Gasteiger partial charge is 0.359 e. The Bertz CT molecular complexity index is 870. The molecule has 2 heterocycles. The van der Waals surface area contributed by atoms with Crippen LogP contribution in [-0.2, 0) is 17.9 Å². The molecule has 1 aliphatic heterocycles. The zero-order valence-corrected chi connectivity index (χ0v) is 19.7. The van der Waals surface area contributed by atoms with Gasteiger partial charge >= 0.3 is 0 Å². The summed E-state index contributed by atoms with van der Waals surface area (Å²) in [5.74, 6) is 1.66. The Morgan fingerprint density at radius 3 is 2.59 bits per heavy atom. The molecule has 2 aromatic rings. The SMILES string of the molecule is CC(C)c1cc(CNC(=NCC(=O)N(C)C)NC2CCN(Cc3ccccc3)CC2)on1. The van der Waals surface area contributed by atoms with Gasteiger partial charge in [0.05, 0.1) is 12.2 Å². The fourth-order valence-corrected chi connectivity index (χ4v) is 3.57. The number of rotatable bonds is 8. The van der Waals surface area contributed by atoms with Crippen molar-refractivity contribution in [3.63, 3.8) is 0 Å². The van der Waals surface area contributed by atoms with E-state index in [1.807, 2.05) is 6.07 Å². The topological polar surface area (TPSA) is 86.0 Å². The van der Waals surface area contributed by atoms with Gasteiger partial charge in [0.1, 0.15) is 6.54 Å². The van der Waals surface area contributed by atoms with Gasteiger partial charge in [0.15, 0.2) is 11.7 Å². The number of carbonyl (C=O) groups excluding carboxylic acids is 1. The molecule has 1 fully saturated rings. The number of nitrogens with zero attached hydrogens (tertiary/aromatic N) is 4. The molecule has 1 aromatic heterocycles. The number of nitrogens with one attached hydrogen (secondary N) is 2. The lowest BCUT2D eigenvalue weighted by Crippen LogP contribution is -2.48. The molecule has 1 saturated heterocycles. The first-order chi connectivity index (χ1) is 15.4. The fourth-order valence-electron chi connectivity index (χ4n) is 3.57. The highest BCUT2D eigenvalue weighted by molar-refractivity contribution is 5.84. The van der Waals surface area contributed by atoms with E-state index in [1.54, 1.807) is 19.0 Å². The van der Waals surface area contributed by atoms with Crippen LogP contribution in [0.3, 0.4) is 0 Å². The molecule has 1 aliphatic rings. The van der Waals surface area contributed by atoms with Crippen LogP contribution >= 0.6 is 0 Å². The molecule has 3 rings (SSSR count). The number of likely N-dealkylation sites (N-methyl/N-ethyl adjacent to an activating group) is 1. The molecule has 0 aliphatic carbocycles. The van der Waals surface area contributed by atoms with Gasteiger partial charge in [-0.2, -0.15) is 0 Å². The van der Waals surface area contributed by atoms with Crippen LogP contribution in [0.25, 0.3) is 0 Å². The molecule has 0 spiro atoms. The monoisotopic (exact) mass is 440 g/mol. The second kappa shape index (κ2) is 11.7. The maximum absolute atomic E-state index is 12.0. The van der Waals surface area contributed by atoms with Crippen molar-refractivity contribution in [2.75, 3.05) is 33.7 Å². The maximum Gasteiger partial charge on any atom is 0.243 e. The summed E-state index contributed by atoms with van der Waals surface area (Å²) in [6, 6.07) is 12.9. The zero-order chi connectivity index (χ0) is 22.9. The smallest absolute Gasteiger partial charge is 0.243 e. The standard InChI is InChI=1S/C24H36N6O2/c1-18(2)22-14-21(32-28-22)15-25-24(26-16-23(31)29(3)4)27-20-10-12-30(13-11-20)17-19-8-6-5-7-9-19/h5-9,14,18,20H,10-13,15-17H2,1-4H3,(H2,25,26,27). The molecular formula is C24H36N6O2. The van der Waals surface area contributed by atoms with Crippen molar-refractivity contribution in [3.8, 4) is 0 Å². The summed E-state index contributed by atoms with van der Waals surface area (Å²) < 4.78 is 5.42. The van der Waals surface area contributed by atoms with Crippen molar-refractivity contribution in [3.05, 3.63) is 53.4 Å². The van der Waals surface area contributed by atoms with Gasteiger partial charge in [-0.1, -0.05) is 49.3 Å². The second-order valence-electron chi connectivity index (χ2n) is 8.86. The lowest BCUT2D eigenvalue weighted by molar-refractivity contribution is -0.127. The summed E-state index contributed by atoms with van der Waals surface area (Å²) in [6.45, 7) is 7.76. The molecule has 0 unspecified atom stereocenters. The van der Waals surface area contributed by atoms with Crippen molar-refractivity contribution in [2.45, 2.75) is 51.7 Å².